The number of hydrogen-bond acceptors (Lipinski definition) is 4. The molecule has 20 aromatic rings. The van der Waals surface area contributed by atoms with Gasteiger partial charge in [0.15, 0.2) is 0 Å². The third-order valence-electron chi connectivity index (χ3n) is 22.5. The third-order valence-corrected chi connectivity index (χ3v) is 24.8. The number of anilines is 6. The molecule has 1 aliphatic carbocycles. The van der Waals surface area contributed by atoms with Crippen LogP contribution in [0, 0.1) is 0 Å². The lowest BCUT2D eigenvalue weighted by atomic mass is 9.67. The molecular weight excluding hydrogens is 1350 g/mol. The lowest BCUT2D eigenvalue weighted by Gasteiger charge is -2.34. The second-order valence-corrected chi connectivity index (χ2v) is 30.8. The van der Waals surface area contributed by atoms with Crippen molar-refractivity contribution in [1.29, 1.82) is 0 Å². The molecule has 0 N–H and O–H groups in total. The first-order valence-electron chi connectivity index (χ1n) is 37.4. The topological polar surface area (TPSA) is 6.48 Å². The molecule has 2 aromatic heterocycles. The highest BCUT2D eigenvalue weighted by Gasteiger charge is 2.46. The van der Waals surface area contributed by atoms with E-state index in [9.17, 15) is 0 Å². The van der Waals surface area contributed by atoms with Crippen LogP contribution in [0.3, 0.4) is 0 Å². The fourth-order valence-corrected chi connectivity index (χ4v) is 19.6. The van der Waals surface area contributed by atoms with Gasteiger partial charge in [0.2, 0.25) is 0 Å². The van der Waals surface area contributed by atoms with E-state index in [1.165, 1.54) is 145 Å². The monoisotopic (exact) mass is 1420 g/mol. The van der Waals surface area contributed by atoms with E-state index in [1.807, 2.05) is 22.7 Å². The largest absolute Gasteiger partial charge is 0.310 e. The average molecular weight is 1420 g/mol. The number of hydrogen-bond donors (Lipinski definition) is 0. The van der Waals surface area contributed by atoms with Crippen molar-refractivity contribution in [2.45, 2.75) is 5.41 Å². The zero-order chi connectivity index (χ0) is 71.9. The van der Waals surface area contributed by atoms with Crippen LogP contribution in [0.4, 0.5) is 34.1 Å². The van der Waals surface area contributed by atoms with Gasteiger partial charge in [-0.1, -0.05) is 297 Å². The molecule has 0 spiro atoms. The molecule has 18 aromatic carbocycles. The average Bonchev–Trinajstić information content (AvgIpc) is 1.54. The van der Waals surface area contributed by atoms with Crippen LogP contribution in [0.1, 0.15) is 22.3 Å². The van der Waals surface area contributed by atoms with Gasteiger partial charge in [0.05, 0.1) is 5.41 Å². The number of nitrogens with zero attached hydrogens (tertiary/aromatic N) is 2. The lowest BCUT2D eigenvalue weighted by Crippen LogP contribution is -2.28. The normalized spacial score (nSPS) is 12.3. The van der Waals surface area contributed by atoms with Crippen LogP contribution < -0.4 is 9.80 Å². The summed E-state index contributed by atoms with van der Waals surface area (Å²) in [6, 6.07) is 154. The van der Waals surface area contributed by atoms with Gasteiger partial charge in [-0.25, -0.2) is 0 Å². The van der Waals surface area contributed by atoms with E-state index in [4.69, 9.17) is 0 Å². The molecule has 0 saturated carbocycles. The van der Waals surface area contributed by atoms with Crippen molar-refractivity contribution in [2.24, 2.45) is 0 Å². The Morgan fingerprint density at radius 2 is 0.505 bits per heavy atom. The van der Waals surface area contributed by atoms with Crippen LogP contribution in [0.25, 0.3) is 140 Å². The Bertz CT molecular complexity index is 6870. The van der Waals surface area contributed by atoms with Gasteiger partial charge in [-0.2, -0.15) is 0 Å². The van der Waals surface area contributed by atoms with Crippen molar-refractivity contribution >= 4 is 119 Å². The van der Waals surface area contributed by atoms with Gasteiger partial charge < -0.3 is 9.80 Å². The maximum atomic E-state index is 2.52. The minimum atomic E-state index is -0.660. The lowest BCUT2D eigenvalue weighted by molar-refractivity contribution is 0.769. The fraction of sp³-hybridized carbons (Fsp3) is 0.00952. The van der Waals surface area contributed by atoms with E-state index in [-0.39, 0.29) is 0 Å². The minimum Gasteiger partial charge on any atom is -0.310 e. The summed E-state index contributed by atoms with van der Waals surface area (Å²) in [4.78, 5) is 4.86. The number of fused-ring (bicyclic) bond motifs is 11. The predicted molar refractivity (Wildman–Crippen MR) is 467 cm³/mol. The maximum absolute atomic E-state index is 2.52. The van der Waals surface area contributed by atoms with E-state index < -0.39 is 5.41 Å². The summed E-state index contributed by atoms with van der Waals surface area (Å²) >= 11 is 3.71. The molecule has 0 bridgehead atoms. The Kier molecular flexibility index (Phi) is 15.6. The summed E-state index contributed by atoms with van der Waals surface area (Å²) < 4.78 is 5.15. The number of thiophene rings is 2. The Hall–Kier alpha value is -13.5. The summed E-state index contributed by atoms with van der Waals surface area (Å²) in [6.07, 6.45) is 0. The molecule has 0 amide bonds. The maximum Gasteiger partial charge on any atom is 0.0713 e. The third kappa shape index (κ3) is 11.0. The molecule has 0 unspecified atom stereocenters. The van der Waals surface area contributed by atoms with Crippen molar-refractivity contribution in [3.63, 3.8) is 0 Å². The molecule has 0 fully saturated rings. The molecule has 510 valence electrons. The van der Waals surface area contributed by atoms with E-state index >= 15 is 0 Å². The molecular formula is C105H68N2S2. The highest BCUT2D eigenvalue weighted by Crippen LogP contribution is 2.58. The summed E-state index contributed by atoms with van der Waals surface area (Å²) in [5.41, 5.74) is 27.5. The molecule has 1 aliphatic rings. The zero-order valence-corrected chi connectivity index (χ0v) is 61.1. The first-order valence-corrected chi connectivity index (χ1v) is 39.0. The van der Waals surface area contributed by atoms with Crippen molar-refractivity contribution in [3.05, 3.63) is 435 Å². The van der Waals surface area contributed by atoms with Crippen LogP contribution in [0.2, 0.25) is 0 Å². The summed E-state index contributed by atoms with van der Waals surface area (Å²) in [7, 11) is 0. The van der Waals surface area contributed by atoms with Crippen LogP contribution in [-0.4, -0.2) is 0 Å². The summed E-state index contributed by atoms with van der Waals surface area (Å²) in [6.45, 7) is 0. The molecule has 0 radical (unpaired) electrons. The standard InChI is InChI=1S/C105H68N2S2/c1-4-22-69(23-5-1)73-26-18-27-74(62-73)70-44-50-81(51-45-70)107(86-55-61-104-98(68-86)96-40-15-17-43-102(96)109-104)84-35-20-29-77(64-84)89-58-59-90(92-38-13-12-37-91(89)92)78-49-57-94-93-56-48-75(65-99(93)105(100(94)66-78,79-30-6-2-7-31-79)80-32-8-3-9-33-80)71-46-52-82(53-47-71)106(85-54-60-103-97(67-85)95-39-14-16-42-101(95)108-103)83-34-19-28-76(63-83)88-41-21-25-72-24-10-11-36-87(72)88/h1-68H. The zero-order valence-electron chi connectivity index (χ0n) is 59.5. The van der Waals surface area contributed by atoms with E-state index in [0.29, 0.717) is 0 Å². The van der Waals surface area contributed by atoms with E-state index in [1.54, 1.807) is 0 Å². The van der Waals surface area contributed by atoms with Crippen LogP contribution >= 0.6 is 22.7 Å². The van der Waals surface area contributed by atoms with Crippen molar-refractivity contribution in [3.8, 4) is 77.9 Å². The van der Waals surface area contributed by atoms with Crippen LogP contribution in [-0.2, 0) is 5.41 Å². The van der Waals surface area contributed by atoms with Gasteiger partial charge in [0.1, 0.15) is 0 Å². The van der Waals surface area contributed by atoms with E-state index in [0.717, 1.165) is 50.8 Å². The van der Waals surface area contributed by atoms with Gasteiger partial charge in [-0.05, 0) is 237 Å². The first kappa shape index (κ1) is 63.9. The second-order valence-electron chi connectivity index (χ2n) is 28.6. The summed E-state index contributed by atoms with van der Waals surface area (Å²) in [5, 5.41) is 9.96. The second kappa shape index (κ2) is 26.5. The number of rotatable bonds is 14. The van der Waals surface area contributed by atoms with Crippen LogP contribution in [0.5, 0.6) is 0 Å². The van der Waals surface area contributed by atoms with E-state index in [2.05, 4.69) is 422 Å². The van der Waals surface area contributed by atoms with Crippen molar-refractivity contribution in [2.75, 3.05) is 9.80 Å². The van der Waals surface area contributed by atoms with Crippen molar-refractivity contribution < 1.29 is 0 Å². The Morgan fingerprint density at radius 1 is 0.174 bits per heavy atom. The molecule has 2 nitrogen and oxygen atoms in total. The Labute approximate surface area is 641 Å². The first-order chi connectivity index (χ1) is 54.0. The van der Waals surface area contributed by atoms with Gasteiger partial charge >= 0.3 is 0 Å². The van der Waals surface area contributed by atoms with Crippen LogP contribution in [0.15, 0.2) is 413 Å². The van der Waals surface area contributed by atoms with Gasteiger partial charge in [-0.15, -0.1) is 22.7 Å². The molecule has 0 aliphatic heterocycles. The summed E-state index contributed by atoms with van der Waals surface area (Å²) in [5.74, 6) is 0. The Morgan fingerprint density at radius 3 is 1.04 bits per heavy atom. The quantitative estimate of drug-likeness (QED) is 0.107. The fourth-order valence-electron chi connectivity index (χ4n) is 17.5. The Balaban J connectivity index is 0.658. The smallest absolute Gasteiger partial charge is 0.0713 e. The van der Waals surface area contributed by atoms with Gasteiger partial charge in [-0.3, -0.25) is 0 Å². The number of benzene rings is 18. The SMILES string of the molecule is c1ccc(-c2cccc(-c3ccc(N(c4cccc(-c5ccc(-c6ccc7c(c6)C(c6ccccc6)(c6ccccc6)c6cc(-c8ccc(N(c9cccc(-c%10cccc%11ccccc%10%11)c9)c9ccc%10sc%11ccccc%11c%10c9)cc8)ccc6-7)c6ccccc56)c4)c4ccc5sc6ccccc6c5c4)cc3)c2)cc1. The predicted octanol–water partition coefficient (Wildman–Crippen LogP) is 30.0. The molecule has 0 atom stereocenters. The molecule has 109 heavy (non-hydrogen) atoms. The highest BCUT2D eigenvalue weighted by atomic mass is 32.1. The van der Waals surface area contributed by atoms with Gasteiger partial charge in [0, 0.05) is 74.5 Å². The van der Waals surface area contributed by atoms with Crippen molar-refractivity contribution in [1.82, 2.24) is 0 Å². The molecule has 21 rings (SSSR count). The molecule has 4 heteroatoms. The van der Waals surface area contributed by atoms with Gasteiger partial charge in [0.25, 0.3) is 0 Å². The highest BCUT2D eigenvalue weighted by molar-refractivity contribution is 7.26. The molecule has 0 saturated heterocycles. The molecule has 2 heterocycles. The minimum absolute atomic E-state index is 0.660.